The summed E-state index contributed by atoms with van der Waals surface area (Å²) < 4.78 is 0. The minimum absolute atomic E-state index is 0.0703. The number of nitrogens with zero attached hydrogens (tertiary/aromatic N) is 2. The van der Waals surface area contributed by atoms with Crippen LogP contribution in [-0.2, 0) is 19.3 Å². The van der Waals surface area contributed by atoms with Gasteiger partial charge in [-0.3, -0.25) is 20.0 Å². The third-order valence-corrected chi connectivity index (χ3v) is 4.12. The number of hydrogen-bond acceptors (Lipinski definition) is 4. The first-order valence-electron chi connectivity index (χ1n) is 7.73. The fraction of sp³-hybridized carbons (Fsp3) is 0.375. The SMILES string of the molecule is O=C(NCCc1ccc([N+](=O)[O-])cc1)c1n[nH]c2c1CCCC2. The lowest BCUT2D eigenvalue weighted by molar-refractivity contribution is -0.384. The van der Waals surface area contributed by atoms with Crippen molar-refractivity contribution in [1.82, 2.24) is 15.5 Å². The van der Waals surface area contributed by atoms with Gasteiger partial charge in [-0.2, -0.15) is 5.10 Å². The van der Waals surface area contributed by atoms with Gasteiger partial charge in [0, 0.05) is 29.9 Å². The Labute approximate surface area is 133 Å². The highest BCUT2D eigenvalue weighted by atomic mass is 16.6. The summed E-state index contributed by atoms with van der Waals surface area (Å²) >= 11 is 0. The highest BCUT2D eigenvalue weighted by Crippen LogP contribution is 2.22. The van der Waals surface area contributed by atoms with Crippen LogP contribution in [0.25, 0.3) is 0 Å². The number of aromatic amines is 1. The maximum Gasteiger partial charge on any atom is 0.272 e. The number of fused-ring (bicyclic) bond motifs is 1. The molecule has 0 bridgehead atoms. The van der Waals surface area contributed by atoms with E-state index in [1.54, 1.807) is 12.1 Å². The molecule has 1 aromatic carbocycles. The summed E-state index contributed by atoms with van der Waals surface area (Å²) in [5.74, 6) is -0.161. The standard InChI is InChI=1S/C16H18N4O3/c21-16(15-13-3-1-2-4-14(13)18-19-15)17-10-9-11-5-7-12(8-6-11)20(22)23/h5-8H,1-4,9-10H2,(H,17,21)(H,18,19). The number of non-ortho nitro benzene ring substituents is 1. The van der Waals surface area contributed by atoms with Gasteiger partial charge in [0.15, 0.2) is 5.69 Å². The fourth-order valence-corrected chi connectivity index (χ4v) is 2.86. The number of carbonyl (C=O) groups is 1. The van der Waals surface area contributed by atoms with Crippen LogP contribution in [0.15, 0.2) is 24.3 Å². The third kappa shape index (κ3) is 3.39. The van der Waals surface area contributed by atoms with E-state index in [9.17, 15) is 14.9 Å². The van der Waals surface area contributed by atoms with Crippen molar-refractivity contribution in [2.75, 3.05) is 6.54 Å². The van der Waals surface area contributed by atoms with Crippen molar-refractivity contribution in [3.63, 3.8) is 0 Å². The molecule has 2 aromatic rings. The van der Waals surface area contributed by atoms with Crippen LogP contribution in [0.4, 0.5) is 5.69 Å². The number of rotatable bonds is 5. The Morgan fingerprint density at radius 2 is 2.00 bits per heavy atom. The molecule has 23 heavy (non-hydrogen) atoms. The molecule has 0 atom stereocenters. The second-order valence-corrected chi connectivity index (χ2v) is 5.67. The minimum atomic E-state index is -0.424. The van der Waals surface area contributed by atoms with Crippen LogP contribution in [0.1, 0.15) is 40.2 Å². The molecule has 0 spiro atoms. The molecule has 1 aliphatic carbocycles. The maximum atomic E-state index is 12.2. The molecule has 1 aromatic heterocycles. The van der Waals surface area contributed by atoms with Crippen LogP contribution < -0.4 is 5.32 Å². The lowest BCUT2D eigenvalue weighted by atomic mass is 9.96. The molecule has 0 aliphatic heterocycles. The molecule has 1 amide bonds. The number of H-pyrrole nitrogens is 1. The van der Waals surface area contributed by atoms with Gasteiger partial charge in [0.1, 0.15) is 0 Å². The zero-order valence-corrected chi connectivity index (χ0v) is 12.7. The van der Waals surface area contributed by atoms with Gasteiger partial charge in [-0.1, -0.05) is 12.1 Å². The minimum Gasteiger partial charge on any atom is -0.350 e. The van der Waals surface area contributed by atoms with E-state index in [2.05, 4.69) is 15.5 Å². The molecule has 7 nitrogen and oxygen atoms in total. The van der Waals surface area contributed by atoms with Gasteiger partial charge >= 0.3 is 0 Å². The number of nitro benzene ring substituents is 1. The van der Waals surface area contributed by atoms with Gasteiger partial charge in [0.05, 0.1) is 4.92 Å². The average molecular weight is 314 g/mol. The van der Waals surface area contributed by atoms with Crippen LogP contribution in [-0.4, -0.2) is 27.6 Å². The first-order chi connectivity index (χ1) is 11.1. The summed E-state index contributed by atoms with van der Waals surface area (Å²) in [6, 6.07) is 6.36. The molecule has 7 heteroatoms. The molecule has 0 saturated heterocycles. The lowest BCUT2D eigenvalue weighted by Crippen LogP contribution is -2.27. The summed E-state index contributed by atoms with van der Waals surface area (Å²) in [5, 5.41) is 20.6. The number of hydrogen-bond donors (Lipinski definition) is 2. The molecule has 3 rings (SSSR count). The number of aromatic nitrogens is 2. The summed E-state index contributed by atoms with van der Waals surface area (Å²) in [6.45, 7) is 0.471. The van der Waals surface area contributed by atoms with E-state index in [4.69, 9.17) is 0 Å². The number of aryl methyl sites for hydroxylation is 1. The fourth-order valence-electron chi connectivity index (χ4n) is 2.86. The van der Waals surface area contributed by atoms with Crippen LogP contribution in [0.5, 0.6) is 0 Å². The Hall–Kier alpha value is -2.70. The molecule has 0 radical (unpaired) electrons. The summed E-state index contributed by atoms with van der Waals surface area (Å²) in [6.07, 6.45) is 4.71. The first-order valence-corrected chi connectivity index (χ1v) is 7.73. The number of nitro groups is 1. The van der Waals surface area contributed by atoms with Gasteiger partial charge in [-0.05, 0) is 37.7 Å². The topological polar surface area (TPSA) is 101 Å². The van der Waals surface area contributed by atoms with E-state index in [-0.39, 0.29) is 11.6 Å². The van der Waals surface area contributed by atoms with Crippen LogP contribution in [0, 0.1) is 10.1 Å². The number of nitrogens with one attached hydrogen (secondary N) is 2. The first kappa shape index (κ1) is 15.2. The predicted molar refractivity (Wildman–Crippen MR) is 84.4 cm³/mol. The van der Waals surface area contributed by atoms with E-state index in [1.165, 1.54) is 12.1 Å². The van der Waals surface area contributed by atoms with Crippen molar-refractivity contribution in [1.29, 1.82) is 0 Å². The predicted octanol–water partition coefficient (Wildman–Crippen LogP) is 2.17. The Balaban J connectivity index is 1.55. The van der Waals surface area contributed by atoms with Gasteiger partial charge in [-0.25, -0.2) is 0 Å². The number of benzene rings is 1. The normalized spacial score (nSPS) is 13.4. The summed E-state index contributed by atoms with van der Waals surface area (Å²) in [7, 11) is 0. The Morgan fingerprint density at radius 3 is 2.74 bits per heavy atom. The Bertz CT molecular complexity index is 721. The molecular weight excluding hydrogens is 296 g/mol. The Morgan fingerprint density at radius 1 is 1.26 bits per heavy atom. The van der Waals surface area contributed by atoms with Crippen LogP contribution in [0.2, 0.25) is 0 Å². The van der Waals surface area contributed by atoms with Crippen LogP contribution in [0.3, 0.4) is 0 Å². The van der Waals surface area contributed by atoms with Crippen molar-refractivity contribution >= 4 is 11.6 Å². The highest BCUT2D eigenvalue weighted by molar-refractivity contribution is 5.94. The monoisotopic (exact) mass is 314 g/mol. The quantitative estimate of drug-likeness (QED) is 0.652. The zero-order chi connectivity index (χ0) is 16.2. The van der Waals surface area contributed by atoms with E-state index in [0.717, 1.165) is 42.5 Å². The lowest BCUT2D eigenvalue weighted by Gasteiger charge is -2.11. The Kier molecular flexibility index (Phi) is 4.36. The molecule has 1 aliphatic rings. The van der Waals surface area contributed by atoms with E-state index < -0.39 is 4.92 Å². The van der Waals surface area contributed by atoms with Crippen molar-refractivity contribution in [2.45, 2.75) is 32.1 Å². The van der Waals surface area contributed by atoms with Crippen molar-refractivity contribution in [3.05, 3.63) is 56.9 Å². The molecule has 120 valence electrons. The number of amides is 1. The van der Waals surface area contributed by atoms with Crippen molar-refractivity contribution < 1.29 is 9.72 Å². The van der Waals surface area contributed by atoms with E-state index in [0.29, 0.717) is 18.7 Å². The van der Waals surface area contributed by atoms with Crippen molar-refractivity contribution in [2.24, 2.45) is 0 Å². The maximum absolute atomic E-state index is 12.2. The van der Waals surface area contributed by atoms with Crippen molar-refractivity contribution in [3.8, 4) is 0 Å². The molecule has 2 N–H and O–H groups in total. The summed E-state index contributed by atoms with van der Waals surface area (Å²) in [5.41, 5.74) is 3.64. The van der Waals surface area contributed by atoms with Gasteiger partial charge < -0.3 is 5.32 Å². The van der Waals surface area contributed by atoms with Gasteiger partial charge in [0.2, 0.25) is 0 Å². The molecule has 0 unspecified atom stereocenters. The summed E-state index contributed by atoms with van der Waals surface area (Å²) in [4.78, 5) is 22.4. The zero-order valence-electron chi connectivity index (χ0n) is 12.7. The number of carbonyl (C=O) groups excluding carboxylic acids is 1. The average Bonchev–Trinajstić information content (AvgIpc) is 2.99. The van der Waals surface area contributed by atoms with E-state index >= 15 is 0 Å². The largest absolute Gasteiger partial charge is 0.350 e. The van der Waals surface area contributed by atoms with E-state index in [1.807, 2.05) is 0 Å². The second kappa shape index (κ2) is 6.60. The van der Waals surface area contributed by atoms with Crippen LogP contribution >= 0.6 is 0 Å². The molecule has 1 heterocycles. The molecule has 0 fully saturated rings. The third-order valence-electron chi connectivity index (χ3n) is 4.12. The molecule has 0 saturated carbocycles. The smallest absolute Gasteiger partial charge is 0.272 e. The van der Waals surface area contributed by atoms with Gasteiger partial charge in [0.25, 0.3) is 11.6 Å². The van der Waals surface area contributed by atoms with Gasteiger partial charge in [-0.15, -0.1) is 0 Å². The second-order valence-electron chi connectivity index (χ2n) is 5.67. The molecular formula is C16H18N4O3. The highest BCUT2D eigenvalue weighted by Gasteiger charge is 2.21.